The van der Waals surface area contributed by atoms with Crippen LogP contribution in [0.5, 0.6) is 11.5 Å². The van der Waals surface area contributed by atoms with Crippen molar-refractivity contribution in [1.29, 1.82) is 0 Å². The first-order chi connectivity index (χ1) is 9.35. The Bertz CT molecular complexity index is 478. The van der Waals surface area contributed by atoms with E-state index in [-0.39, 0.29) is 0 Å². The van der Waals surface area contributed by atoms with Gasteiger partial charge in [-0.2, -0.15) is 0 Å². The quantitative estimate of drug-likeness (QED) is 0.834. The van der Waals surface area contributed by atoms with Gasteiger partial charge in [-0.3, -0.25) is 0 Å². The van der Waals surface area contributed by atoms with Gasteiger partial charge in [0.25, 0.3) is 0 Å². The molecule has 0 aliphatic carbocycles. The minimum absolute atomic E-state index is 0.616. The normalized spacial score (nSPS) is 10.4. The van der Waals surface area contributed by atoms with Gasteiger partial charge < -0.3 is 16.2 Å². The molecule has 0 spiro atoms. The van der Waals surface area contributed by atoms with Gasteiger partial charge in [0.05, 0.1) is 0 Å². The Hall–Kier alpha value is -1.84. The average Bonchev–Trinajstić information content (AvgIpc) is 2.44. The number of para-hydroxylation sites is 2. The van der Waals surface area contributed by atoms with Crippen LogP contribution in [0.15, 0.2) is 48.5 Å². The van der Waals surface area contributed by atoms with Crippen LogP contribution in [0.3, 0.4) is 0 Å². The summed E-state index contributed by atoms with van der Waals surface area (Å²) in [7, 11) is 0. The standard InChI is InChI=1S/C16H20N2O/c17-11-9-13-5-1-3-7-15(13)19-16-8-4-2-6-14(16)10-12-18/h1-8H,9-12,17-18H2. The van der Waals surface area contributed by atoms with Crippen molar-refractivity contribution in [3.05, 3.63) is 59.7 Å². The van der Waals surface area contributed by atoms with Crippen molar-refractivity contribution in [1.82, 2.24) is 0 Å². The zero-order valence-electron chi connectivity index (χ0n) is 11.0. The first-order valence-corrected chi connectivity index (χ1v) is 6.59. The first kappa shape index (κ1) is 13.6. The summed E-state index contributed by atoms with van der Waals surface area (Å²) < 4.78 is 6.03. The molecule has 4 N–H and O–H groups in total. The Morgan fingerprint density at radius 3 is 1.53 bits per heavy atom. The molecule has 19 heavy (non-hydrogen) atoms. The van der Waals surface area contributed by atoms with Gasteiger partial charge >= 0.3 is 0 Å². The molecule has 0 radical (unpaired) electrons. The summed E-state index contributed by atoms with van der Waals surface area (Å²) >= 11 is 0. The van der Waals surface area contributed by atoms with E-state index in [1.54, 1.807) is 0 Å². The predicted molar refractivity (Wildman–Crippen MR) is 78.5 cm³/mol. The highest BCUT2D eigenvalue weighted by Gasteiger charge is 2.07. The highest BCUT2D eigenvalue weighted by atomic mass is 16.5. The lowest BCUT2D eigenvalue weighted by Crippen LogP contribution is -2.06. The molecule has 0 atom stereocenters. The van der Waals surface area contributed by atoms with Crippen LogP contribution in [-0.2, 0) is 12.8 Å². The Morgan fingerprint density at radius 1 is 0.684 bits per heavy atom. The summed E-state index contributed by atoms with van der Waals surface area (Å²) in [6, 6.07) is 16.0. The van der Waals surface area contributed by atoms with E-state index in [1.807, 2.05) is 48.5 Å². The Labute approximate surface area is 114 Å². The largest absolute Gasteiger partial charge is 0.457 e. The Kier molecular flexibility index (Phi) is 4.95. The number of ether oxygens (including phenoxy) is 1. The van der Waals surface area contributed by atoms with Crippen molar-refractivity contribution < 1.29 is 4.74 Å². The maximum absolute atomic E-state index is 6.03. The van der Waals surface area contributed by atoms with Gasteiger partial charge in [-0.15, -0.1) is 0 Å². The van der Waals surface area contributed by atoms with Crippen molar-refractivity contribution in [3.63, 3.8) is 0 Å². The number of hydrogen-bond donors (Lipinski definition) is 2. The molecule has 100 valence electrons. The molecule has 0 unspecified atom stereocenters. The van der Waals surface area contributed by atoms with Gasteiger partial charge in [0.15, 0.2) is 0 Å². The highest BCUT2D eigenvalue weighted by molar-refractivity contribution is 5.41. The monoisotopic (exact) mass is 256 g/mol. The molecule has 0 fully saturated rings. The second-order valence-corrected chi connectivity index (χ2v) is 4.39. The van der Waals surface area contributed by atoms with Crippen molar-refractivity contribution in [2.45, 2.75) is 12.8 Å². The number of hydrogen-bond acceptors (Lipinski definition) is 3. The Morgan fingerprint density at radius 2 is 1.11 bits per heavy atom. The van der Waals surface area contributed by atoms with E-state index < -0.39 is 0 Å². The second-order valence-electron chi connectivity index (χ2n) is 4.39. The molecular formula is C16H20N2O. The van der Waals surface area contributed by atoms with Crippen molar-refractivity contribution >= 4 is 0 Å². The molecule has 2 rings (SSSR count). The van der Waals surface area contributed by atoms with Crippen LogP contribution in [0.2, 0.25) is 0 Å². The summed E-state index contributed by atoms with van der Waals surface area (Å²) in [6.07, 6.45) is 1.63. The summed E-state index contributed by atoms with van der Waals surface area (Å²) in [5, 5.41) is 0. The third kappa shape index (κ3) is 3.56. The van der Waals surface area contributed by atoms with E-state index in [9.17, 15) is 0 Å². The zero-order valence-corrected chi connectivity index (χ0v) is 11.0. The van der Waals surface area contributed by atoms with Gasteiger partial charge in [-0.25, -0.2) is 0 Å². The zero-order chi connectivity index (χ0) is 13.5. The van der Waals surface area contributed by atoms with Gasteiger partial charge in [0.1, 0.15) is 11.5 Å². The van der Waals surface area contributed by atoms with E-state index in [4.69, 9.17) is 16.2 Å². The number of benzene rings is 2. The molecular weight excluding hydrogens is 236 g/mol. The third-order valence-electron chi connectivity index (χ3n) is 2.99. The van der Waals surface area contributed by atoms with Gasteiger partial charge in [-0.1, -0.05) is 36.4 Å². The van der Waals surface area contributed by atoms with Crippen LogP contribution in [0.25, 0.3) is 0 Å². The first-order valence-electron chi connectivity index (χ1n) is 6.59. The van der Waals surface area contributed by atoms with Crippen LogP contribution < -0.4 is 16.2 Å². The molecule has 3 nitrogen and oxygen atoms in total. The van der Waals surface area contributed by atoms with Crippen molar-refractivity contribution in [2.24, 2.45) is 11.5 Å². The van der Waals surface area contributed by atoms with Crippen LogP contribution in [0.1, 0.15) is 11.1 Å². The maximum atomic E-state index is 6.03. The van der Waals surface area contributed by atoms with E-state index in [0.29, 0.717) is 13.1 Å². The fourth-order valence-electron chi connectivity index (χ4n) is 2.05. The van der Waals surface area contributed by atoms with E-state index in [0.717, 1.165) is 35.5 Å². The highest BCUT2D eigenvalue weighted by Crippen LogP contribution is 2.28. The summed E-state index contributed by atoms with van der Waals surface area (Å²) in [4.78, 5) is 0. The average molecular weight is 256 g/mol. The second kappa shape index (κ2) is 6.92. The number of rotatable bonds is 6. The molecule has 0 heterocycles. The number of nitrogens with two attached hydrogens (primary N) is 2. The van der Waals surface area contributed by atoms with Gasteiger partial charge in [0.2, 0.25) is 0 Å². The molecule has 0 amide bonds. The van der Waals surface area contributed by atoms with Crippen LogP contribution in [0.4, 0.5) is 0 Å². The molecule has 2 aromatic carbocycles. The van der Waals surface area contributed by atoms with E-state index in [2.05, 4.69) is 0 Å². The lowest BCUT2D eigenvalue weighted by molar-refractivity contribution is 0.470. The Balaban J connectivity index is 2.25. The van der Waals surface area contributed by atoms with Crippen molar-refractivity contribution in [2.75, 3.05) is 13.1 Å². The molecule has 0 aliphatic rings. The van der Waals surface area contributed by atoms with Crippen LogP contribution in [0, 0.1) is 0 Å². The van der Waals surface area contributed by atoms with E-state index >= 15 is 0 Å². The molecule has 0 aromatic heterocycles. The topological polar surface area (TPSA) is 61.3 Å². The third-order valence-corrected chi connectivity index (χ3v) is 2.99. The fourth-order valence-corrected chi connectivity index (χ4v) is 2.05. The lowest BCUT2D eigenvalue weighted by Gasteiger charge is -2.13. The molecule has 3 heteroatoms. The summed E-state index contributed by atoms with van der Waals surface area (Å²) in [6.45, 7) is 1.23. The van der Waals surface area contributed by atoms with Gasteiger partial charge in [0, 0.05) is 0 Å². The molecule has 0 bridgehead atoms. The van der Waals surface area contributed by atoms with Crippen molar-refractivity contribution in [3.8, 4) is 11.5 Å². The molecule has 0 saturated carbocycles. The molecule has 2 aromatic rings. The molecule has 0 saturated heterocycles. The predicted octanol–water partition coefficient (Wildman–Crippen LogP) is 2.48. The minimum Gasteiger partial charge on any atom is -0.457 e. The lowest BCUT2D eigenvalue weighted by atomic mass is 10.1. The van der Waals surface area contributed by atoms with E-state index in [1.165, 1.54) is 0 Å². The fraction of sp³-hybridized carbons (Fsp3) is 0.250. The van der Waals surface area contributed by atoms with Crippen LogP contribution >= 0.6 is 0 Å². The summed E-state index contributed by atoms with van der Waals surface area (Å²) in [5.41, 5.74) is 13.5. The smallest absolute Gasteiger partial charge is 0.130 e. The summed E-state index contributed by atoms with van der Waals surface area (Å²) in [5.74, 6) is 1.75. The van der Waals surface area contributed by atoms with Gasteiger partial charge in [-0.05, 0) is 49.2 Å². The minimum atomic E-state index is 0.616. The molecule has 0 aliphatic heterocycles. The SMILES string of the molecule is NCCc1ccccc1Oc1ccccc1CCN. The van der Waals surface area contributed by atoms with Crippen LogP contribution in [-0.4, -0.2) is 13.1 Å². The maximum Gasteiger partial charge on any atom is 0.130 e.